The van der Waals surface area contributed by atoms with E-state index in [0.29, 0.717) is 23.3 Å². The molecule has 0 aromatic heterocycles. The van der Waals surface area contributed by atoms with Gasteiger partial charge in [0.25, 0.3) is 0 Å². The molecule has 0 aliphatic carbocycles. The Balaban J connectivity index is 2.64. The molecule has 1 saturated heterocycles. The van der Waals surface area contributed by atoms with Gasteiger partial charge in [0.1, 0.15) is 0 Å². The molecule has 3 N–H and O–H groups in total. The van der Waals surface area contributed by atoms with Crippen molar-refractivity contribution < 1.29 is 37.4 Å². The predicted molar refractivity (Wildman–Crippen MR) is 56.5 cm³/mol. The number of phosphoric ester groups is 1. The van der Waals surface area contributed by atoms with Gasteiger partial charge in [-0.1, -0.05) is 0 Å². The lowest BCUT2D eigenvalue weighted by molar-refractivity contribution is -0.152. The Hall–Kier alpha value is 0.437. The van der Waals surface area contributed by atoms with Gasteiger partial charge >= 0.3 is 15.6 Å². The maximum absolute atomic E-state index is 11.3. The summed E-state index contributed by atoms with van der Waals surface area (Å²) in [7, 11) is -9.57. The molecule has 1 rings (SSSR count). The summed E-state index contributed by atoms with van der Waals surface area (Å²) in [5.74, 6) is 0. The van der Waals surface area contributed by atoms with Crippen LogP contribution in [0.1, 0.15) is 19.3 Å². The summed E-state index contributed by atoms with van der Waals surface area (Å²) in [4.78, 5) is 26.0. The van der Waals surface area contributed by atoms with Gasteiger partial charge in [0, 0.05) is 6.61 Å². The van der Waals surface area contributed by atoms with Crippen molar-refractivity contribution in [2.75, 3.05) is 6.61 Å². The third kappa shape index (κ3) is 5.18. The summed E-state index contributed by atoms with van der Waals surface area (Å²) < 4.78 is 35.2. The van der Waals surface area contributed by atoms with Gasteiger partial charge in [0.15, 0.2) is 5.41 Å². The lowest BCUT2D eigenvalue weighted by Gasteiger charge is -2.34. The van der Waals surface area contributed by atoms with Gasteiger partial charge in [-0.2, -0.15) is 4.31 Å². The van der Waals surface area contributed by atoms with Gasteiger partial charge in [-0.3, -0.25) is 4.52 Å². The van der Waals surface area contributed by atoms with Crippen LogP contribution < -0.4 is 0 Å². The molecule has 1 heterocycles. The zero-order valence-corrected chi connectivity index (χ0v) is 12.4. The van der Waals surface area contributed by atoms with Gasteiger partial charge in [-0.15, -0.1) is 0 Å². The van der Waals surface area contributed by atoms with Crippen molar-refractivity contribution in [2.45, 2.75) is 24.7 Å². The molecule has 1 fully saturated rings. The first-order valence-corrected chi connectivity index (χ1v) is 8.59. The molecule has 8 nitrogen and oxygen atoms in total. The SMILES string of the molecule is O=P(O)(O)OP(=O)(O)OC1([SiH3])CCCCO1. The van der Waals surface area contributed by atoms with Crippen LogP contribution in [-0.2, 0) is 22.7 Å². The van der Waals surface area contributed by atoms with E-state index in [-0.39, 0.29) is 0 Å². The normalized spacial score (nSPS) is 31.2. The molecule has 0 amide bonds. The summed E-state index contributed by atoms with van der Waals surface area (Å²) in [6.45, 7) is 0.388. The zero-order chi connectivity index (χ0) is 12.4. The minimum atomic E-state index is -5.06. The molecule has 0 bridgehead atoms. The Morgan fingerprint density at radius 1 is 1.25 bits per heavy atom. The highest BCUT2D eigenvalue weighted by Crippen LogP contribution is 2.59. The topological polar surface area (TPSA) is 123 Å². The largest absolute Gasteiger partial charge is 0.483 e. The van der Waals surface area contributed by atoms with Crippen LogP contribution in [0.4, 0.5) is 0 Å². The molecule has 11 heteroatoms. The summed E-state index contributed by atoms with van der Waals surface area (Å²) >= 11 is 0. The molecular weight excluding hydrogens is 278 g/mol. The van der Waals surface area contributed by atoms with Gasteiger partial charge in [0.2, 0.25) is 0 Å². The fraction of sp³-hybridized carbons (Fsp3) is 1.00. The van der Waals surface area contributed by atoms with Gasteiger partial charge < -0.3 is 19.4 Å². The van der Waals surface area contributed by atoms with Crippen LogP contribution in [0.5, 0.6) is 0 Å². The Labute approximate surface area is 95.2 Å². The smallest absolute Gasteiger partial charge is 0.354 e. The Bertz CT molecular complexity index is 333. The Kier molecular flexibility index (Phi) is 4.51. The first-order chi connectivity index (χ1) is 7.12. The molecule has 0 saturated carbocycles. The number of hydrogen-bond acceptors (Lipinski definition) is 5. The van der Waals surface area contributed by atoms with Crippen LogP contribution in [0, 0.1) is 0 Å². The zero-order valence-electron chi connectivity index (χ0n) is 8.61. The molecule has 1 aliphatic rings. The number of ether oxygens (including phenoxy) is 1. The molecular formula is C5H14O8P2Si. The summed E-state index contributed by atoms with van der Waals surface area (Å²) in [6, 6.07) is 0. The first-order valence-electron chi connectivity index (χ1n) is 4.56. The van der Waals surface area contributed by atoms with Crippen molar-refractivity contribution in [2.24, 2.45) is 0 Å². The van der Waals surface area contributed by atoms with Crippen molar-refractivity contribution in [3.05, 3.63) is 0 Å². The second kappa shape index (κ2) is 4.97. The molecule has 0 spiro atoms. The Morgan fingerprint density at radius 2 is 1.88 bits per heavy atom. The summed E-state index contributed by atoms with van der Waals surface area (Å²) in [6.07, 6.45) is 2.00. The van der Waals surface area contributed by atoms with E-state index in [4.69, 9.17) is 19.4 Å². The second-order valence-corrected chi connectivity index (χ2v) is 7.85. The van der Waals surface area contributed by atoms with Crippen LogP contribution in [-0.4, -0.2) is 36.9 Å². The summed E-state index contributed by atoms with van der Waals surface area (Å²) in [5, 5.41) is 0. The number of rotatable bonds is 4. The lowest BCUT2D eigenvalue weighted by atomic mass is 10.2. The van der Waals surface area contributed by atoms with Crippen molar-refractivity contribution in [1.82, 2.24) is 0 Å². The fourth-order valence-electron chi connectivity index (χ4n) is 1.38. The maximum atomic E-state index is 11.3. The average Bonchev–Trinajstić information content (AvgIpc) is 1.97. The molecule has 16 heavy (non-hydrogen) atoms. The van der Waals surface area contributed by atoms with Crippen molar-refractivity contribution in [1.29, 1.82) is 0 Å². The van der Waals surface area contributed by atoms with E-state index >= 15 is 0 Å². The molecule has 1 aliphatic heterocycles. The lowest BCUT2D eigenvalue weighted by Crippen LogP contribution is -2.38. The van der Waals surface area contributed by atoms with Crippen LogP contribution in [0.2, 0.25) is 0 Å². The van der Waals surface area contributed by atoms with Crippen LogP contribution in [0.25, 0.3) is 0 Å². The monoisotopic (exact) mass is 292 g/mol. The van der Waals surface area contributed by atoms with E-state index in [2.05, 4.69) is 8.83 Å². The molecule has 0 aromatic carbocycles. The van der Waals surface area contributed by atoms with E-state index in [1.165, 1.54) is 0 Å². The molecule has 2 atom stereocenters. The third-order valence-corrected chi connectivity index (χ3v) is 5.58. The Morgan fingerprint density at radius 3 is 2.31 bits per heavy atom. The quantitative estimate of drug-likeness (QED) is 0.465. The predicted octanol–water partition coefficient (Wildman–Crippen LogP) is -0.568. The maximum Gasteiger partial charge on any atom is 0.483 e. The first kappa shape index (κ1) is 14.5. The van der Waals surface area contributed by atoms with Crippen molar-refractivity contribution >= 4 is 25.9 Å². The standard InChI is InChI=1S/C5H14O8P2Si/c6-14(7,8)13-15(9,10)12-5(16)3-1-2-4-11-5/h1-4H2,16H3,(H,9,10)(H2,6,7,8). The van der Waals surface area contributed by atoms with Crippen LogP contribution >= 0.6 is 15.6 Å². The molecule has 0 aromatic rings. The van der Waals surface area contributed by atoms with E-state index in [9.17, 15) is 9.13 Å². The second-order valence-electron chi connectivity index (χ2n) is 3.57. The number of hydrogen-bond donors (Lipinski definition) is 3. The van der Waals surface area contributed by atoms with Crippen LogP contribution in [0.15, 0.2) is 0 Å². The minimum absolute atomic E-state index is 0.293. The third-order valence-electron chi connectivity index (χ3n) is 1.95. The van der Waals surface area contributed by atoms with Gasteiger partial charge in [0.05, 0.1) is 10.2 Å². The summed E-state index contributed by atoms with van der Waals surface area (Å²) in [5.41, 5.74) is -1.21. The van der Waals surface area contributed by atoms with E-state index in [0.717, 1.165) is 12.8 Å². The van der Waals surface area contributed by atoms with Crippen LogP contribution in [0.3, 0.4) is 0 Å². The minimum Gasteiger partial charge on any atom is -0.354 e. The van der Waals surface area contributed by atoms with E-state index < -0.39 is 21.1 Å². The molecule has 0 radical (unpaired) electrons. The fourth-order valence-corrected chi connectivity index (χ4v) is 4.47. The number of phosphoric acid groups is 2. The van der Waals surface area contributed by atoms with Gasteiger partial charge in [-0.25, -0.2) is 9.13 Å². The highest BCUT2D eigenvalue weighted by atomic mass is 31.3. The average molecular weight is 292 g/mol. The molecule has 96 valence electrons. The highest BCUT2D eigenvalue weighted by molar-refractivity contribution is 7.60. The van der Waals surface area contributed by atoms with Gasteiger partial charge in [-0.05, 0) is 19.3 Å². The van der Waals surface area contributed by atoms with Crippen molar-refractivity contribution in [3.63, 3.8) is 0 Å². The highest BCUT2D eigenvalue weighted by Gasteiger charge is 2.41. The molecule has 2 unspecified atom stereocenters. The van der Waals surface area contributed by atoms with E-state index in [1.54, 1.807) is 0 Å². The van der Waals surface area contributed by atoms with Crippen molar-refractivity contribution in [3.8, 4) is 0 Å². The van der Waals surface area contributed by atoms with E-state index in [1.807, 2.05) is 0 Å².